The van der Waals surface area contributed by atoms with Crippen LogP contribution in [0.15, 0.2) is 0 Å². The molecule has 3 heteroatoms. The fraction of sp³-hybridized carbons (Fsp3) is 1.00. The summed E-state index contributed by atoms with van der Waals surface area (Å²) < 4.78 is 0. The van der Waals surface area contributed by atoms with Gasteiger partial charge in [0.05, 0.1) is 0 Å². The topological polar surface area (TPSA) is 27.3 Å². The number of rotatable bonds is 3. The van der Waals surface area contributed by atoms with Gasteiger partial charge in [-0.3, -0.25) is 0 Å². The van der Waals surface area contributed by atoms with E-state index < -0.39 is 0 Å². The van der Waals surface area contributed by atoms with Crippen LogP contribution in [-0.2, 0) is 0 Å². The van der Waals surface area contributed by atoms with Crippen molar-refractivity contribution >= 4 is 0 Å². The van der Waals surface area contributed by atoms with Crippen LogP contribution in [0.2, 0.25) is 0 Å². The van der Waals surface area contributed by atoms with E-state index in [0.29, 0.717) is 0 Å². The molecule has 0 radical (unpaired) electrons. The molecule has 2 aliphatic rings. The molecule has 2 N–H and O–H groups in total. The molecule has 16 heavy (non-hydrogen) atoms. The molecule has 0 amide bonds. The Labute approximate surface area is 102 Å². The second-order valence-electron chi connectivity index (χ2n) is 3.90. The lowest BCUT2D eigenvalue weighted by atomic mass is 9.99. The van der Waals surface area contributed by atoms with Crippen molar-refractivity contribution in [1.29, 1.82) is 0 Å². The molecule has 0 atom stereocenters. The van der Waals surface area contributed by atoms with E-state index >= 15 is 0 Å². The van der Waals surface area contributed by atoms with E-state index in [2.05, 4.69) is 15.5 Å². The van der Waals surface area contributed by atoms with Crippen LogP contribution in [0.5, 0.6) is 0 Å². The Kier molecular flexibility index (Phi) is 11.3. The Morgan fingerprint density at radius 2 is 1.50 bits per heavy atom. The molecule has 0 bridgehead atoms. The highest BCUT2D eigenvalue weighted by molar-refractivity contribution is 4.77. The molecule has 2 heterocycles. The van der Waals surface area contributed by atoms with Gasteiger partial charge in [-0.1, -0.05) is 27.7 Å². The summed E-state index contributed by atoms with van der Waals surface area (Å²) in [6, 6.07) is 0. The van der Waals surface area contributed by atoms with Gasteiger partial charge in [-0.25, -0.2) is 0 Å². The van der Waals surface area contributed by atoms with Crippen molar-refractivity contribution < 1.29 is 0 Å². The van der Waals surface area contributed by atoms with E-state index in [0.717, 1.165) is 5.92 Å². The summed E-state index contributed by atoms with van der Waals surface area (Å²) in [5.74, 6) is 0.972. The van der Waals surface area contributed by atoms with Crippen LogP contribution in [0.25, 0.3) is 0 Å². The first-order valence-corrected chi connectivity index (χ1v) is 7.09. The lowest BCUT2D eigenvalue weighted by Crippen LogP contribution is -2.47. The minimum absolute atomic E-state index is 0.972. The standard InChI is InChI=1S/C9H19N3.2C2H6/c1(9-7-11-8-9)4-12-5-2-10-3-6-12;2*1-2/h9-11H,1-8H2;2*1-2H3. The first-order chi connectivity index (χ1) is 7.95. The number of nitrogens with zero attached hydrogens (tertiary/aromatic N) is 1. The third-order valence-electron chi connectivity index (χ3n) is 2.93. The van der Waals surface area contributed by atoms with E-state index in [1.165, 1.54) is 52.2 Å². The van der Waals surface area contributed by atoms with Crippen molar-refractivity contribution in [2.75, 3.05) is 45.8 Å². The second kappa shape index (κ2) is 11.4. The first-order valence-electron chi connectivity index (χ1n) is 7.09. The van der Waals surface area contributed by atoms with E-state index in [4.69, 9.17) is 0 Å². The van der Waals surface area contributed by atoms with Crippen LogP contribution in [-0.4, -0.2) is 50.7 Å². The molecule has 2 fully saturated rings. The predicted molar refractivity (Wildman–Crippen MR) is 73.0 cm³/mol. The molecule has 0 aromatic carbocycles. The highest BCUT2D eigenvalue weighted by Gasteiger charge is 2.18. The molecule has 0 aliphatic carbocycles. The molecular formula is C13H31N3. The van der Waals surface area contributed by atoms with Gasteiger partial charge in [0.1, 0.15) is 0 Å². The third kappa shape index (κ3) is 6.46. The first kappa shape index (κ1) is 15.9. The van der Waals surface area contributed by atoms with Crippen LogP contribution in [0.4, 0.5) is 0 Å². The second-order valence-corrected chi connectivity index (χ2v) is 3.90. The van der Waals surface area contributed by atoms with E-state index in [-0.39, 0.29) is 0 Å². The number of nitrogens with one attached hydrogen (secondary N) is 2. The average Bonchev–Trinajstić information content (AvgIpc) is 2.34. The minimum atomic E-state index is 0.972. The van der Waals surface area contributed by atoms with Crippen LogP contribution >= 0.6 is 0 Å². The molecule has 0 spiro atoms. The highest BCUT2D eigenvalue weighted by atomic mass is 15.2. The molecule has 2 rings (SSSR count). The summed E-state index contributed by atoms with van der Waals surface area (Å²) in [5.41, 5.74) is 0. The van der Waals surface area contributed by atoms with Crippen molar-refractivity contribution in [3.63, 3.8) is 0 Å². The zero-order valence-corrected chi connectivity index (χ0v) is 11.7. The van der Waals surface area contributed by atoms with Gasteiger partial charge < -0.3 is 15.5 Å². The lowest BCUT2D eigenvalue weighted by molar-refractivity contribution is 0.206. The number of hydrogen-bond acceptors (Lipinski definition) is 3. The fourth-order valence-corrected chi connectivity index (χ4v) is 1.85. The highest BCUT2D eigenvalue weighted by Crippen LogP contribution is 2.09. The van der Waals surface area contributed by atoms with Gasteiger partial charge >= 0.3 is 0 Å². The van der Waals surface area contributed by atoms with Crippen LogP contribution in [0, 0.1) is 5.92 Å². The lowest BCUT2D eigenvalue weighted by Gasteiger charge is -2.32. The largest absolute Gasteiger partial charge is 0.316 e. The average molecular weight is 229 g/mol. The van der Waals surface area contributed by atoms with Crippen molar-refractivity contribution in [1.82, 2.24) is 15.5 Å². The van der Waals surface area contributed by atoms with Crippen LogP contribution < -0.4 is 10.6 Å². The number of piperazine rings is 1. The Hall–Kier alpha value is -0.120. The monoisotopic (exact) mass is 229 g/mol. The van der Waals surface area contributed by atoms with Gasteiger partial charge in [0.2, 0.25) is 0 Å². The summed E-state index contributed by atoms with van der Waals surface area (Å²) in [7, 11) is 0. The summed E-state index contributed by atoms with van der Waals surface area (Å²) >= 11 is 0. The quantitative estimate of drug-likeness (QED) is 0.769. The molecular weight excluding hydrogens is 198 g/mol. The molecule has 0 aromatic heterocycles. The van der Waals surface area contributed by atoms with Crippen LogP contribution in [0.1, 0.15) is 34.1 Å². The van der Waals surface area contributed by atoms with E-state index in [1.54, 1.807) is 0 Å². The van der Waals surface area contributed by atoms with Gasteiger partial charge in [0, 0.05) is 26.2 Å². The smallest absolute Gasteiger partial charge is 0.0107 e. The van der Waals surface area contributed by atoms with Gasteiger partial charge in [-0.15, -0.1) is 0 Å². The summed E-state index contributed by atoms with van der Waals surface area (Å²) in [5, 5.41) is 6.69. The Morgan fingerprint density at radius 3 is 1.94 bits per heavy atom. The molecule has 2 saturated heterocycles. The molecule has 3 nitrogen and oxygen atoms in total. The molecule has 2 aliphatic heterocycles. The van der Waals surface area contributed by atoms with Crippen LogP contribution in [0.3, 0.4) is 0 Å². The summed E-state index contributed by atoms with van der Waals surface area (Å²) in [4.78, 5) is 2.58. The van der Waals surface area contributed by atoms with Crippen molar-refractivity contribution in [2.45, 2.75) is 34.1 Å². The summed E-state index contributed by atoms with van der Waals surface area (Å²) in [6.07, 6.45) is 1.40. The summed E-state index contributed by atoms with van der Waals surface area (Å²) in [6.45, 7) is 16.7. The minimum Gasteiger partial charge on any atom is -0.316 e. The zero-order chi connectivity index (χ0) is 12.2. The van der Waals surface area contributed by atoms with Crippen molar-refractivity contribution in [2.24, 2.45) is 5.92 Å². The van der Waals surface area contributed by atoms with Gasteiger partial charge in [0.25, 0.3) is 0 Å². The third-order valence-corrected chi connectivity index (χ3v) is 2.93. The van der Waals surface area contributed by atoms with Crippen molar-refractivity contribution in [3.05, 3.63) is 0 Å². The maximum absolute atomic E-state index is 3.38. The predicted octanol–water partition coefficient (Wildman–Crippen LogP) is 1.55. The molecule has 0 aromatic rings. The zero-order valence-electron chi connectivity index (χ0n) is 11.7. The van der Waals surface area contributed by atoms with Gasteiger partial charge in [0.15, 0.2) is 0 Å². The Morgan fingerprint density at radius 1 is 0.938 bits per heavy atom. The van der Waals surface area contributed by atoms with E-state index in [1.807, 2.05) is 27.7 Å². The molecule has 98 valence electrons. The van der Waals surface area contributed by atoms with E-state index in [9.17, 15) is 0 Å². The molecule has 0 saturated carbocycles. The number of hydrogen-bond donors (Lipinski definition) is 2. The fourth-order valence-electron chi connectivity index (χ4n) is 1.85. The Bertz CT molecular complexity index is 129. The maximum Gasteiger partial charge on any atom is 0.0107 e. The Balaban J connectivity index is 0.000000509. The maximum atomic E-state index is 3.38. The molecule has 0 unspecified atom stereocenters. The van der Waals surface area contributed by atoms with Crippen molar-refractivity contribution in [3.8, 4) is 0 Å². The van der Waals surface area contributed by atoms with Gasteiger partial charge in [-0.2, -0.15) is 0 Å². The SMILES string of the molecule is C1CN(CCC2CNC2)CCN1.CC.CC. The normalized spacial score (nSPS) is 21.0. The van der Waals surface area contributed by atoms with Gasteiger partial charge in [-0.05, 0) is 32.0 Å².